The molecular weight excluding hydrogens is 356 g/mol. The lowest BCUT2D eigenvalue weighted by molar-refractivity contribution is 0.328. The van der Waals surface area contributed by atoms with Crippen molar-refractivity contribution in [3.63, 3.8) is 0 Å². The molecule has 1 fully saturated rings. The van der Waals surface area contributed by atoms with Crippen LogP contribution >= 0.6 is 0 Å². The lowest BCUT2D eigenvalue weighted by atomic mass is 10.2. The van der Waals surface area contributed by atoms with Crippen LogP contribution in [0.3, 0.4) is 0 Å². The Balaban J connectivity index is 1.44. The first-order valence-corrected chi connectivity index (χ1v) is 9.11. The summed E-state index contributed by atoms with van der Waals surface area (Å²) in [5.74, 6) is 2.17. The van der Waals surface area contributed by atoms with Crippen molar-refractivity contribution in [1.82, 2.24) is 30.6 Å². The molecule has 0 amide bonds. The monoisotopic (exact) mass is 374 g/mol. The molecule has 3 heterocycles. The zero-order valence-electron chi connectivity index (χ0n) is 15.2. The Hall–Kier alpha value is -3.74. The minimum atomic E-state index is -0.346. The topological polar surface area (TPSA) is 119 Å². The minimum absolute atomic E-state index is 0.346. The quantitative estimate of drug-likeness (QED) is 0.814. The second-order valence-corrected chi connectivity index (χ2v) is 6.93. The van der Waals surface area contributed by atoms with Gasteiger partial charge >= 0.3 is 0 Å². The van der Waals surface area contributed by atoms with Crippen LogP contribution in [0, 0.1) is 11.3 Å². The number of nitrogens with zero attached hydrogens (tertiary/aromatic N) is 8. The van der Waals surface area contributed by atoms with Crippen LogP contribution in [-0.2, 0) is 7.05 Å². The Kier molecular flexibility index (Phi) is 3.79. The summed E-state index contributed by atoms with van der Waals surface area (Å²) in [5, 5.41) is 26.2. The number of nitrogens with one attached hydrogen (secondary N) is 2. The van der Waals surface area contributed by atoms with Gasteiger partial charge in [-0.25, -0.2) is 9.69 Å². The van der Waals surface area contributed by atoms with E-state index in [-0.39, 0.29) is 6.04 Å². The van der Waals surface area contributed by atoms with E-state index >= 15 is 0 Å². The van der Waals surface area contributed by atoms with E-state index in [0.717, 1.165) is 41.5 Å². The van der Waals surface area contributed by atoms with Gasteiger partial charge in [0, 0.05) is 24.4 Å². The Morgan fingerprint density at radius 3 is 3.00 bits per heavy atom. The molecule has 140 valence electrons. The molecule has 0 saturated heterocycles. The summed E-state index contributed by atoms with van der Waals surface area (Å²) in [7, 11) is 1.80. The lowest BCUT2D eigenvalue weighted by Gasteiger charge is -2.31. The van der Waals surface area contributed by atoms with Crippen molar-refractivity contribution in [2.45, 2.75) is 24.9 Å². The molecule has 28 heavy (non-hydrogen) atoms. The average Bonchev–Trinajstić information content (AvgIpc) is 3.24. The highest BCUT2D eigenvalue weighted by Gasteiger charge is 2.35. The lowest BCUT2D eigenvalue weighted by Crippen LogP contribution is -2.52. The van der Waals surface area contributed by atoms with Gasteiger partial charge in [0.05, 0.1) is 18.7 Å². The molecule has 1 atom stereocenters. The van der Waals surface area contributed by atoms with Gasteiger partial charge in [0.25, 0.3) is 0 Å². The first-order valence-electron chi connectivity index (χ1n) is 9.11. The van der Waals surface area contributed by atoms with Crippen molar-refractivity contribution >= 4 is 17.2 Å². The number of nitriles is 1. The number of benzene rings is 1. The summed E-state index contributed by atoms with van der Waals surface area (Å²) in [4.78, 5) is 9.27. The molecule has 1 unspecified atom stereocenters. The van der Waals surface area contributed by atoms with E-state index in [1.54, 1.807) is 16.7 Å². The second-order valence-electron chi connectivity index (χ2n) is 6.93. The number of aliphatic imine (C=N–C) groups is 2. The summed E-state index contributed by atoms with van der Waals surface area (Å²) < 4.78 is 1.63. The first kappa shape index (κ1) is 16.4. The number of hydrogen-bond donors (Lipinski definition) is 2. The smallest absolute Gasteiger partial charge is 0.181 e. The van der Waals surface area contributed by atoms with E-state index in [0.29, 0.717) is 18.4 Å². The molecule has 0 spiro atoms. The van der Waals surface area contributed by atoms with Gasteiger partial charge in [-0.2, -0.15) is 5.26 Å². The summed E-state index contributed by atoms with van der Waals surface area (Å²) in [6, 6.07) is 10.1. The van der Waals surface area contributed by atoms with Gasteiger partial charge in [0.15, 0.2) is 17.7 Å². The molecule has 2 N–H and O–H groups in total. The summed E-state index contributed by atoms with van der Waals surface area (Å²) in [5.41, 5.74) is 5.85. The molecule has 3 aliphatic rings. The molecule has 1 aromatic heterocycles. The third kappa shape index (κ3) is 2.96. The van der Waals surface area contributed by atoms with Crippen molar-refractivity contribution in [1.29, 1.82) is 5.26 Å². The minimum Gasteiger partial charge on any atom is -0.341 e. The highest BCUT2D eigenvalue weighted by Crippen LogP contribution is 2.26. The van der Waals surface area contributed by atoms with Crippen LogP contribution in [0.4, 0.5) is 5.69 Å². The summed E-state index contributed by atoms with van der Waals surface area (Å²) in [6.45, 7) is 0.443. The Morgan fingerprint density at radius 1 is 1.36 bits per heavy atom. The average molecular weight is 374 g/mol. The molecular formula is C18H18N10. The zero-order valence-corrected chi connectivity index (χ0v) is 15.2. The largest absolute Gasteiger partial charge is 0.341 e. The molecule has 5 rings (SSSR count). The molecule has 1 saturated carbocycles. The van der Waals surface area contributed by atoms with Gasteiger partial charge in [-0.15, -0.1) is 5.10 Å². The van der Waals surface area contributed by atoms with Crippen molar-refractivity contribution in [2.24, 2.45) is 17.0 Å². The fraction of sp³-hybridized carbons (Fsp3) is 0.333. The molecule has 10 nitrogen and oxygen atoms in total. The fourth-order valence-corrected chi connectivity index (χ4v) is 3.20. The number of anilines is 1. The van der Waals surface area contributed by atoms with Crippen LogP contribution in [0.2, 0.25) is 0 Å². The number of tetrazole rings is 1. The molecule has 2 aromatic rings. The fourth-order valence-electron chi connectivity index (χ4n) is 3.20. The highest BCUT2D eigenvalue weighted by atomic mass is 15.6. The molecule has 1 aromatic carbocycles. The highest BCUT2D eigenvalue weighted by molar-refractivity contribution is 6.46. The van der Waals surface area contributed by atoms with Crippen LogP contribution in [0.25, 0.3) is 11.4 Å². The van der Waals surface area contributed by atoms with E-state index in [2.05, 4.69) is 37.3 Å². The number of aromatic nitrogens is 4. The van der Waals surface area contributed by atoms with Gasteiger partial charge in [-0.3, -0.25) is 15.4 Å². The predicted octanol–water partition coefficient (Wildman–Crippen LogP) is 0.858. The van der Waals surface area contributed by atoms with Crippen LogP contribution in [0.15, 0.2) is 46.1 Å². The molecule has 10 heteroatoms. The normalized spacial score (nSPS) is 22.2. The van der Waals surface area contributed by atoms with E-state index in [1.807, 2.05) is 30.3 Å². The van der Waals surface area contributed by atoms with Crippen molar-refractivity contribution < 1.29 is 0 Å². The summed E-state index contributed by atoms with van der Waals surface area (Å²) >= 11 is 0. The van der Waals surface area contributed by atoms with Gasteiger partial charge < -0.3 is 5.32 Å². The van der Waals surface area contributed by atoms with Gasteiger partial charge in [0.1, 0.15) is 11.5 Å². The van der Waals surface area contributed by atoms with Gasteiger partial charge in [-0.05, 0) is 35.4 Å². The molecule has 0 bridgehead atoms. The standard InChI is InChI=1S/C18H18N10/c1-27-17(23-25-26-27)11-3-2-4-13(7-11)22-16-8-15(21-12-5-6-12)18-20-10-14(9-19)28(18)24-16/h2-4,7-8,12,14,22,24H,5-6,10H2,1H3. The number of aryl methyl sites for hydroxylation is 1. The number of hydrogen-bond acceptors (Lipinski definition) is 9. The van der Waals surface area contributed by atoms with E-state index in [4.69, 9.17) is 4.99 Å². The van der Waals surface area contributed by atoms with Crippen LogP contribution in [0.5, 0.6) is 0 Å². The molecule has 1 aliphatic carbocycles. The SMILES string of the molecule is Cn1nnnc1-c1cccc(NC2=CC(=NC3CC3)C3=NCC(C#N)N3N2)c1. The van der Waals surface area contributed by atoms with Crippen molar-refractivity contribution in [3.8, 4) is 17.5 Å². The van der Waals surface area contributed by atoms with Crippen LogP contribution < -0.4 is 10.7 Å². The molecule has 2 aliphatic heterocycles. The van der Waals surface area contributed by atoms with Crippen LogP contribution in [-0.4, -0.2) is 55.4 Å². The zero-order chi connectivity index (χ0) is 19.1. The first-order chi connectivity index (χ1) is 13.7. The Bertz CT molecular complexity index is 1050. The van der Waals surface area contributed by atoms with E-state index in [9.17, 15) is 5.26 Å². The van der Waals surface area contributed by atoms with Gasteiger partial charge in [0.2, 0.25) is 0 Å². The number of rotatable bonds is 4. The maximum absolute atomic E-state index is 9.42. The second kappa shape index (κ2) is 6.45. The maximum Gasteiger partial charge on any atom is 0.181 e. The Morgan fingerprint density at radius 2 is 2.25 bits per heavy atom. The van der Waals surface area contributed by atoms with E-state index in [1.165, 1.54) is 0 Å². The predicted molar refractivity (Wildman–Crippen MR) is 103 cm³/mol. The number of amidine groups is 1. The van der Waals surface area contributed by atoms with Gasteiger partial charge in [-0.1, -0.05) is 12.1 Å². The third-order valence-electron chi connectivity index (χ3n) is 4.74. The third-order valence-corrected chi connectivity index (χ3v) is 4.74. The Labute approximate surface area is 161 Å². The van der Waals surface area contributed by atoms with Crippen molar-refractivity contribution in [3.05, 3.63) is 36.2 Å². The summed E-state index contributed by atoms with van der Waals surface area (Å²) in [6.07, 6.45) is 4.16. The van der Waals surface area contributed by atoms with Crippen molar-refractivity contribution in [2.75, 3.05) is 11.9 Å². The number of fused-ring (bicyclic) bond motifs is 1. The number of hydrazine groups is 1. The molecule has 0 radical (unpaired) electrons. The maximum atomic E-state index is 9.42. The van der Waals surface area contributed by atoms with Crippen LogP contribution in [0.1, 0.15) is 12.8 Å². The van der Waals surface area contributed by atoms with E-state index < -0.39 is 0 Å².